The molecule has 1 aliphatic carbocycles. The number of fused-ring (bicyclic) bond motifs is 1. The zero-order valence-electron chi connectivity index (χ0n) is 10.1. The molecule has 0 amide bonds. The molecule has 17 heavy (non-hydrogen) atoms. The van der Waals surface area contributed by atoms with E-state index in [1.165, 1.54) is 24.6 Å². The molecule has 1 fully saturated rings. The maximum absolute atomic E-state index is 4.60. The first kappa shape index (κ1) is 10.8. The van der Waals surface area contributed by atoms with Crippen molar-refractivity contribution in [2.24, 2.45) is 0 Å². The van der Waals surface area contributed by atoms with Crippen LogP contribution in [0.3, 0.4) is 0 Å². The first-order valence-electron chi connectivity index (χ1n) is 5.95. The van der Waals surface area contributed by atoms with Gasteiger partial charge in [-0.15, -0.1) is 11.3 Å². The Labute approximate surface area is 105 Å². The molecular formula is C12H16N4S. The van der Waals surface area contributed by atoms with E-state index in [1.807, 2.05) is 7.05 Å². The fourth-order valence-corrected chi connectivity index (χ4v) is 2.93. The molecule has 2 aromatic heterocycles. The van der Waals surface area contributed by atoms with Crippen molar-refractivity contribution < 1.29 is 0 Å². The molecule has 2 heterocycles. The molecule has 0 atom stereocenters. The quantitative estimate of drug-likeness (QED) is 0.906. The minimum absolute atomic E-state index is 0.651. The maximum atomic E-state index is 4.60. The van der Waals surface area contributed by atoms with Gasteiger partial charge in [-0.1, -0.05) is 0 Å². The molecule has 0 saturated heterocycles. The minimum Gasteiger partial charge on any atom is -0.357 e. The van der Waals surface area contributed by atoms with E-state index in [2.05, 4.69) is 38.7 Å². The van der Waals surface area contributed by atoms with Crippen molar-refractivity contribution in [3.8, 4) is 0 Å². The lowest BCUT2D eigenvalue weighted by Gasteiger charge is -2.35. The summed E-state index contributed by atoms with van der Waals surface area (Å²) in [5.74, 6) is 1.77. The van der Waals surface area contributed by atoms with E-state index in [0.29, 0.717) is 12.0 Å². The number of rotatable bonds is 3. The Morgan fingerprint density at radius 3 is 2.88 bits per heavy atom. The largest absolute Gasteiger partial charge is 0.357 e. The second kappa shape index (κ2) is 4.14. The van der Waals surface area contributed by atoms with Crippen molar-refractivity contribution in [1.82, 2.24) is 9.97 Å². The number of aromatic nitrogens is 2. The van der Waals surface area contributed by atoms with Crippen LogP contribution in [-0.2, 0) is 0 Å². The van der Waals surface area contributed by atoms with Gasteiger partial charge in [-0.3, -0.25) is 0 Å². The van der Waals surface area contributed by atoms with Gasteiger partial charge < -0.3 is 10.2 Å². The van der Waals surface area contributed by atoms with Crippen LogP contribution in [0.25, 0.3) is 10.2 Å². The van der Waals surface area contributed by atoms with Crippen LogP contribution in [0.1, 0.15) is 19.3 Å². The predicted molar refractivity (Wildman–Crippen MR) is 73.0 cm³/mol. The minimum atomic E-state index is 0.651. The first-order chi connectivity index (χ1) is 8.29. The number of hydrogen-bond donors (Lipinski definition) is 1. The van der Waals surface area contributed by atoms with Gasteiger partial charge in [0.2, 0.25) is 5.95 Å². The van der Waals surface area contributed by atoms with Gasteiger partial charge >= 0.3 is 0 Å². The lowest BCUT2D eigenvalue weighted by atomic mass is 9.92. The highest BCUT2D eigenvalue weighted by Gasteiger charge is 2.25. The third kappa shape index (κ3) is 1.74. The van der Waals surface area contributed by atoms with Crippen molar-refractivity contribution in [2.75, 3.05) is 24.3 Å². The average Bonchev–Trinajstić information content (AvgIpc) is 2.72. The van der Waals surface area contributed by atoms with Gasteiger partial charge in [0.15, 0.2) is 0 Å². The van der Waals surface area contributed by atoms with E-state index in [4.69, 9.17) is 0 Å². The molecule has 1 aliphatic rings. The Morgan fingerprint density at radius 1 is 1.41 bits per heavy atom. The van der Waals surface area contributed by atoms with Crippen LogP contribution in [0.4, 0.5) is 11.8 Å². The zero-order chi connectivity index (χ0) is 11.8. The van der Waals surface area contributed by atoms with E-state index in [-0.39, 0.29) is 0 Å². The number of hydrogen-bond acceptors (Lipinski definition) is 5. The normalized spacial score (nSPS) is 15.9. The summed E-state index contributed by atoms with van der Waals surface area (Å²) in [5, 5.41) is 6.29. The third-order valence-electron chi connectivity index (χ3n) is 3.49. The van der Waals surface area contributed by atoms with Crippen LogP contribution in [0.15, 0.2) is 11.4 Å². The summed E-state index contributed by atoms with van der Waals surface area (Å²) in [6, 6.07) is 2.77. The average molecular weight is 248 g/mol. The molecule has 0 spiro atoms. The first-order valence-corrected chi connectivity index (χ1v) is 6.83. The molecular weight excluding hydrogens is 232 g/mol. The summed E-state index contributed by atoms with van der Waals surface area (Å²) in [6.07, 6.45) is 3.90. The lowest BCUT2D eigenvalue weighted by Crippen LogP contribution is -2.37. The summed E-state index contributed by atoms with van der Waals surface area (Å²) in [6.45, 7) is 0. The highest BCUT2D eigenvalue weighted by Crippen LogP contribution is 2.33. The zero-order valence-corrected chi connectivity index (χ0v) is 10.9. The SMILES string of the molecule is CNc1nc(N(C)C2CCC2)c2ccsc2n1. The highest BCUT2D eigenvalue weighted by molar-refractivity contribution is 7.16. The topological polar surface area (TPSA) is 41.1 Å². The molecule has 1 saturated carbocycles. The van der Waals surface area contributed by atoms with Crippen LogP contribution in [0, 0.1) is 0 Å². The fourth-order valence-electron chi connectivity index (χ4n) is 2.17. The van der Waals surface area contributed by atoms with Crippen LogP contribution in [0.2, 0.25) is 0 Å². The van der Waals surface area contributed by atoms with Crippen LogP contribution < -0.4 is 10.2 Å². The van der Waals surface area contributed by atoms with Gasteiger partial charge in [0.05, 0.1) is 5.39 Å². The summed E-state index contributed by atoms with van der Waals surface area (Å²) in [7, 11) is 4.00. The van der Waals surface area contributed by atoms with Gasteiger partial charge in [0.25, 0.3) is 0 Å². The number of nitrogens with one attached hydrogen (secondary N) is 1. The summed E-state index contributed by atoms with van der Waals surface area (Å²) < 4.78 is 0. The van der Waals surface area contributed by atoms with E-state index in [1.54, 1.807) is 11.3 Å². The molecule has 90 valence electrons. The van der Waals surface area contributed by atoms with Crippen molar-refractivity contribution >= 4 is 33.3 Å². The summed E-state index contributed by atoms with van der Waals surface area (Å²) in [4.78, 5) is 12.4. The molecule has 0 aromatic carbocycles. The van der Waals surface area contributed by atoms with E-state index < -0.39 is 0 Å². The van der Waals surface area contributed by atoms with E-state index in [9.17, 15) is 0 Å². The third-order valence-corrected chi connectivity index (χ3v) is 4.29. The van der Waals surface area contributed by atoms with Crippen LogP contribution in [0.5, 0.6) is 0 Å². The number of thiophene rings is 1. The molecule has 0 aliphatic heterocycles. The maximum Gasteiger partial charge on any atom is 0.225 e. The Balaban J connectivity index is 2.08. The second-order valence-electron chi connectivity index (χ2n) is 4.46. The Bertz CT molecular complexity index is 532. The molecule has 2 aromatic rings. The molecule has 0 bridgehead atoms. The van der Waals surface area contributed by atoms with Gasteiger partial charge in [-0.25, -0.2) is 4.98 Å². The van der Waals surface area contributed by atoms with Crippen molar-refractivity contribution in [1.29, 1.82) is 0 Å². The van der Waals surface area contributed by atoms with E-state index in [0.717, 1.165) is 10.6 Å². The predicted octanol–water partition coefficient (Wildman–Crippen LogP) is 2.72. The molecule has 4 nitrogen and oxygen atoms in total. The highest BCUT2D eigenvalue weighted by atomic mass is 32.1. The summed E-state index contributed by atoms with van der Waals surface area (Å²) in [5.41, 5.74) is 0. The van der Waals surface area contributed by atoms with Crippen LogP contribution in [-0.4, -0.2) is 30.1 Å². The van der Waals surface area contributed by atoms with Crippen molar-refractivity contribution in [2.45, 2.75) is 25.3 Å². The molecule has 0 radical (unpaired) electrons. The molecule has 3 rings (SSSR count). The Hall–Kier alpha value is -1.36. The molecule has 0 unspecified atom stereocenters. The second-order valence-corrected chi connectivity index (χ2v) is 5.35. The standard InChI is InChI=1S/C12H16N4S/c1-13-12-14-10(16(2)8-4-3-5-8)9-6-7-17-11(9)15-12/h6-8H,3-5H2,1-2H3,(H,13,14,15). The van der Waals surface area contributed by atoms with Crippen LogP contribution >= 0.6 is 11.3 Å². The number of nitrogens with zero attached hydrogens (tertiary/aromatic N) is 3. The molecule has 1 N–H and O–H groups in total. The fraction of sp³-hybridized carbons (Fsp3) is 0.500. The lowest BCUT2D eigenvalue weighted by molar-refractivity contribution is 0.400. The van der Waals surface area contributed by atoms with Gasteiger partial charge in [0, 0.05) is 20.1 Å². The van der Waals surface area contributed by atoms with Crippen molar-refractivity contribution in [3.63, 3.8) is 0 Å². The summed E-state index contributed by atoms with van der Waals surface area (Å²) >= 11 is 1.67. The van der Waals surface area contributed by atoms with E-state index >= 15 is 0 Å². The Kier molecular flexibility index (Phi) is 2.63. The molecule has 5 heteroatoms. The van der Waals surface area contributed by atoms with Gasteiger partial charge in [-0.05, 0) is 30.7 Å². The van der Waals surface area contributed by atoms with Crippen molar-refractivity contribution in [3.05, 3.63) is 11.4 Å². The van der Waals surface area contributed by atoms with Gasteiger partial charge in [0.1, 0.15) is 10.6 Å². The monoisotopic (exact) mass is 248 g/mol. The Morgan fingerprint density at radius 2 is 2.24 bits per heavy atom. The number of anilines is 2. The van der Waals surface area contributed by atoms with Gasteiger partial charge in [-0.2, -0.15) is 4.98 Å². The smallest absolute Gasteiger partial charge is 0.225 e.